The van der Waals surface area contributed by atoms with Crippen LogP contribution >= 0.6 is 15.9 Å². The van der Waals surface area contributed by atoms with E-state index in [2.05, 4.69) is 57.8 Å². The van der Waals surface area contributed by atoms with Crippen molar-refractivity contribution in [2.45, 2.75) is 27.0 Å². The SMILES string of the molecule is COc1cc(CNc2ccc(NC(C)=O)cc2)c(Br)cc1OCc1ccc(C)cc1. The third-order valence-corrected chi connectivity index (χ3v) is 5.27. The number of rotatable bonds is 8. The highest BCUT2D eigenvalue weighted by Gasteiger charge is 2.11. The standard InChI is InChI=1S/C24H25BrN2O3/c1-16-4-6-18(7-5-16)15-30-24-13-22(25)19(12-23(24)29-3)14-26-20-8-10-21(11-9-20)27-17(2)28/h4-13,26H,14-15H2,1-3H3,(H,27,28). The fourth-order valence-electron chi connectivity index (χ4n) is 2.90. The smallest absolute Gasteiger partial charge is 0.221 e. The molecule has 3 rings (SSSR count). The zero-order chi connectivity index (χ0) is 21.5. The molecule has 1 amide bonds. The van der Waals surface area contributed by atoms with Gasteiger partial charge in [-0.3, -0.25) is 4.79 Å². The Bertz CT molecular complexity index is 1000. The highest BCUT2D eigenvalue weighted by molar-refractivity contribution is 9.10. The summed E-state index contributed by atoms with van der Waals surface area (Å²) in [6.45, 7) is 4.64. The fraction of sp³-hybridized carbons (Fsp3) is 0.208. The largest absolute Gasteiger partial charge is 0.493 e. The van der Waals surface area contributed by atoms with Crippen LogP contribution < -0.4 is 20.1 Å². The van der Waals surface area contributed by atoms with E-state index in [0.29, 0.717) is 24.7 Å². The molecule has 30 heavy (non-hydrogen) atoms. The Morgan fingerprint density at radius 3 is 2.27 bits per heavy atom. The lowest BCUT2D eigenvalue weighted by Gasteiger charge is -2.15. The summed E-state index contributed by atoms with van der Waals surface area (Å²) in [5, 5.41) is 6.14. The third kappa shape index (κ3) is 6.00. The van der Waals surface area contributed by atoms with E-state index < -0.39 is 0 Å². The number of amides is 1. The first-order valence-electron chi connectivity index (χ1n) is 9.61. The van der Waals surface area contributed by atoms with E-state index in [-0.39, 0.29) is 5.91 Å². The predicted octanol–water partition coefficient (Wildman–Crippen LogP) is 5.92. The Morgan fingerprint density at radius 2 is 1.63 bits per heavy atom. The van der Waals surface area contributed by atoms with Gasteiger partial charge in [0.05, 0.1) is 7.11 Å². The number of ether oxygens (including phenoxy) is 2. The van der Waals surface area contributed by atoms with Gasteiger partial charge in [0.2, 0.25) is 5.91 Å². The molecular weight excluding hydrogens is 444 g/mol. The lowest BCUT2D eigenvalue weighted by atomic mass is 10.1. The van der Waals surface area contributed by atoms with E-state index in [9.17, 15) is 4.79 Å². The molecule has 0 heterocycles. The Kier molecular flexibility index (Phi) is 7.36. The summed E-state index contributed by atoms with van der Waals surface area (Å²) in [6, 6.07) is 19.7. The fourth-order valence-corrected chi connectivity index (χ4v) is 3.36. The molecule has 2 N–H and O–H groups in total. The molecular formula is C24H25BrN2O3. The van der Waals surface area contributed by atoms with Gasteiger partial charge < -0.3 is 20.1 Å². The van der Waals surface area contributed by atoms with Crippen molar-refractivity contribution in [2.24, 2.45) is 0 Å². The van der Waals surface area contributed by atoms with Crippen LogP contribution in [0.4, 0.5) is 11.4 Å². The van der Waals surface area contributed by atoms with E-state index in [4.69, 9.17) is 9.47 Å². The van der Waals surface area contributed by atoms with Crippen LogP contribution in [0.3, 0.4) is 0 Å². The van der Waals surface area contributed by atoms with E-state index >= 15 is 0 Å². The second kappa shape index (κ2) is 10.2. The van der Waals surface area contributed by atoms with Crippen molar-refractivity contribution in [3.05, 3.63) is 81.8 Å². The summed E-state index contributed by atoms with van der Waals surface area (Å²) in [4.78, 5) is 11.1. The summed E-state index contributed by atoms with van der Waals surface area (Å²) < 4.78 is 12.5. The van der Waals surface area contributed by atoms with Gasteiger partial charge in [-0.1, -0.05) is 45.8 Å². The van der Waals surface area contributed by atoms with Gasteiger partial charge in [-0.15, -0.1) is 0 Å². The predicted molar refractivity (Wildman–Crippen MR) is 124 cm³/mol. The van der Waals surface area contributed by atoms with Crippen molar-refractivity contribution in [3.63, 3.8) is 0 Å². The number of hydrogen-bond donors (Lipinski definition) is 2. The van der Waals surface area contributed by atoms with Crippen molar-refractivity contribution in [3.8, 4) is 11.5 Å². The Hall–Kier alpha value is -2.99. The molecule has 0 aliphatic carbocycles. The molecule has 0 aliphatic rings. The summed E-state index contributed by atoms with van der Waals surface area (Å²) in [5.74, 6) is 1.29. The second-order valence-electron chi connectivity index (χ2n) is 6.98. The molecule has 3 aromatic rings. The summed E-state index contributed by atoms with van der Waals surface area (Å²) in [7, 11) is 1.64. The van der Waals surface area contributed by atoms with Gasteiger partial charge in [0, 0.05) is 29.3 Å². The third-order valence-electron chi connectivity index (χ3n) is 4.54. The normalized spacial score (nSPS) is 10.4. The molecule has 5 nitrogen and oxygen atoms in total. The molecule has 0 bridgehead atoms. The minimum atomic E-state index is -0.0866. The number of carbonyl (C=O) groups is 1. The number of methoxy groups -OCH3 is 1. The van der Waals surface area contributed by atoms with Crippen LogP contribution in [-0.4, -0.2) is 13.0 Å². The van der Waals surface area contributed by atoms with Gasteiger partial charge in [0.15, 0.2) is 11.5 Å². The zero-order valence-electron chi connectivity index (χ0n) is 17.3. The number of hydrogen-bond acceptors (Lipinski definition) is 4. The van der Waals surface area contributed by atoms with Gasteiger partial charge >= 0.3 is 0 Å². The summed E-state index contributed by atoms with van der Waals surface area (Å²) in [5.41, 5.74) is 5.09. The minimum Gasteiger partial charge on any atom is -0.493 e. The lowest BCUT2D eigenvalue weighted by molar-refractivity contribution is -0.114. The summed E-state index contributed by atoms with van der Waals surface area (Å²) in [6.07, 6.45) is 0. The van der Waals surface area contributed by atoms with Crippen LogP contribution in [-0.2, 0) is 17.9 Å². The Balaban J connectivity index is 1.65. The average molecular weight is 469 g/mol. The summed E-state index contributed by atoms with van der Waals surface area (Å²) >= 11 is 3.64. The first-order valence-corrected chi connectivity index (χ1v) is 10.4. The topological polar surface area (TPSA) is 59.6 Å². The first-order chi connectivity index (χ1) is 14.4. The van der Waals surface area contributed by atoms with Gasteiger partial charge in [-0.2, -0.15) is 0 Å². The molecule has 0 saturated heterocycles. The van der Waals surface area contributed by atoms with Gasteiger partial charge in [0.1, 0.15) is 6.61 Å². The van der Waals surface area contributed by atoms with Crippen molar-refractivity contribution in [1.82, 2.24) is 0 Å². The number of carbonyl (C=O) groups excluding carboxylic acids is 1. The molecule has 0 saturated carbocycles. The second-order valence-corrected chi connectivity index (χ2v) is 7.84. The van der Waals surface area contributed by atoms with Crippen LogP contribution in [0.1, 0.15) is 23.6 Å². The van der Waals surface area contributed by atoms with Gasteiger partial charge in [-0.05, 0) is 54.4 Å². The maximum Gasteiger partial charge on any atom is 0.221 e. The molecule has 6 heteroatoms. The van der Waals surface area contributed by atoms with Crippen molar-refractivity contribution < 1.29 is 14.3 Å². The number of halogens is 1. The molecule has 0 unspecified atom stereocenters. The molecule has 156 valence electrons. The van der Waals surface area contributed by atoms with E-state index in [0.717, 1.165) is 27.0 Å². The van der Waals surface area contributed by atoms with E-state index in [1.807, 2.05) is 36.4 Å². The molecule has 0 spiro atoms. The van der Waals surface area contributed by atoms with Gasteiger partial charge in [0.25, 0.3) is 0 Å². The lowest BCUT2D eigenvalue weighted by Crippen LogP contribution is -2.06. The molecule has 3 aromatic carbocycles. The number of nitrogens with one attached hydrogen (secondary N) is 2. The Morgan fingerprint density at radius 1 is 0.967 bits per heavy atom. The first kappa shape index (κ1) is 21.7. The average Bonchev–Trinajstić information content (AvgIpc) is 2.73. The number of benzene rings is 3. The Labute approximate surface area is 185 Å². The van der Waals surface area contributed by atoms with E-state index in [1.165, 1.54) is 12.5 Å². The maximum atomic E-state index is 11.1. The monoisotopic (exact) mass is 468 g/mol. The van der Waals surface area contributed by atoms with Crippen LogP contribution in [0.25, 0.3) is 0 Å². The molecule has 0 aromatic heterocycles. The minimum absolute atomic E-state index is 0.0866. The van der Waals surface area contributed by atoms with Crippen LogP contribution in [0.5, 0.6) is 11.5 Å². The highest BCUT2D eigenvalue weighted by atomic mass is 79.9. The van der Waals surface area contributed by atoms with Crippen LogP contribution in [0.15, 0.2) is 65.1 Å². The maximum absolute atomic E-state index is 11.1. The molecule has 0 fully saturated rings. The van der Waals surface area contributed by atoms with Crippen molar-refractivity contribution in [2.75, 3.05) is 17.7 Å². The zero-order valence-corrected chi connectivity index (χ0v) is 18.9. The molecule has 0 atom stereocenters. The quantitative estimate of drug-likeness (QED) is 0.430. The van der Waals surface area contributed by atoms with Crippen molar-refractivity contribution in [1.29, 1.82) is 0 Å². The number of aryl methyl sites for hydroxylation is 1. The van der Waals surface area contributed by atoms with Crippen molar-refractivity contribution >= 4 is 33.2 Å². The highest BCUT2D eigenvalue weighted by Crippen LogP contribution is 2.34. The molecule has 0 radical (unpaired) electrons. The molecule has 0 aliphatic heterocycles. The van der Waals surface area contributed by atoms with Crippen LogP contribution in [0, 0.1) is 6.92 Å². The van der Waals surface area contributed by atoms with Gasteiger partial charge in [-0.25, -0.2) is 0 Å². The van der Waals surface area contributed by atoms with E-state index in [1.54, 1.807) is 7.11 Å². The van der Waals surface area contributed by atoms with Crippen LogP contribution in [0.2, 0.25) is 0 Å². The number of anilines is 2.